The van der Waals surface area contributed by atoms with Crippen LogP contribution in [0.5, 0.6) is 17.2 Å². The van der Waals surface area contributed by atoms with Gasteiger partial charge >= 0.3 is 11.9 Å². The molecule has 2 aromatic carbocycles. The summed E-state index contributed by atoms with van der Waals surface area (Å²) in [5, 5.41) is 31.1. The molecule has 0 saturated carbocycles. The van der Waals surface area contributed by atoms with Crippen molar-refractivity contribution in [1.29, 1.82) is 0 Å². The van der Waals surface area contributed by atoms with Gasteiger partial charge in [0.15, 0.2) is 11.5 Å². The Morgan fingerprint density at radius 2 is 1.72 bits per heavy atom. The maximum Gasteiger partial charge on any atom is 0.338 e. The maximum absolute atomic E-state index is 12.1. The minimum atomic E-state index is -1.08. The molecule has 29 heavy (non-hydrogen) atoms. The lowest BCUT2D eigenvalue weighted by Crippen LogP contribution is -2.42. The summed E-state index contributed by atoms with van der Waals surface area (Å²) in [6.45, 7) is 1.78. The topological polar surface area (TPSA) is 125 Å². The molecule has 0 saturated heterocycles. The third-order valence-corrected chi connectivity index (χ3v) is 4.06. The number of ether oxygens (including phenoxy) is 2. The number of hydrogen-bond donors (Lipinski definition) is 4. The largest absolute Gasteiger partial charge is 0.504 e. The van der Waals surface area contributed by atoms with Crippen LogP contribution in [0.1, 0.15) is 22.8 Å². The number of methoxy groups -OCH3 is 1. The predicted molar refractivity (Wildman–Crippen MR) is 108 cm³/mol. The summed E-state index contributed by atoms with van der Waals surface area (Å²) in [6.07, 6.45) is -0.479. The molecule has 4 N–H and O–H groups in total. The van der Waals surface area contributed by atoms with Gasteiger partial charge in [-0.05, 0) is 55.3 Å². The van der Waals surface area contributed by atoms with Crippen molar-refractivity contribution in [3.8, 4) is 17.2 Å². The fraction of sp³-hybridized carbons (Fsp3) is 0.300. The zero-order valence-electron chi connectivity index (χ0n) is 16.0. The van der Waals surface area contributed by atoms with E-state index in [0.717, 1.165) is 0 Å². The van der Waals surface area contributed by atoms with E-state index in [1.165, 1.54) is 25.3 Å². The Balaban J connectivity index is 0.00000420. The predicted octanol–water partition coefficient (Wildman–Crippen LogP) is 2.36. The first-order valence-electron chi connectivity index (χ1n) is 8.62. The van der Waals surface area contributed by atoms with Gasteiger partial charge in [0.1, 0.15) is 17.9 Å². The van der Waals surface area contributed by atoms with E-state index in [1.807, 2.05) is 0 Å². The molecule has 8 nitrogen and oxygen atoms in total. The summed E-state index contributed by atoms with van der Waals surface area (Å²) >= 11 is 0. The number of aliphatic carboxylic acids is 1. The van der Waals surface area contributed by atoms with Crippen LogP contribution in [0.25, 0.3) is 0 Å². The van der Waals surface area contributed by atoms with Crippen LogP contribution in [-0.2, 0) is 16.0 Å². The fourth-order valence-corrected chi connectivity index (χ4v) is 2.51. The number of carbonyl (C=O) groups is 2. The molecular weight excluding hydrogens is 402 g/mol. The first-order chi connectivity index (χ1) is 13.3. The Labute approximate surface area is 174 Å². The first-order valence-corrected chi connectivity index (χ1v) is 8.62. The second-order valence-corrected chi connectivity index (χ2v) is 6.27. The Morgan fingerprint density at radius 3 is 2.28 bits per heavy atom. The molecule has 158 valence electrons. The molecule has 0 radical (unpaired) electrons. The van der Waals surface area contributed by atoms with Crippen molar-refractivity contribution in [3.63, 3.8) is 0 Å². The summed E-state index contributed by atoms with van der Waals surface area (Å²) in [5.74, 6) is -1.57. The second kappa shape index (κ2) is 11.1. The van der Waals surface area contributed by atoms with Crippen LogP contribution in [0.15, 0.2) is 42.5 Å². The van der Waals surface area contributed by atoms with Gasteiger partial charge in [0, 0.05) is 6.54 Å². The van der Waals surface area contributed by atoms with Gasteiger partial charge in [0.25, 0.3) is 0 Å². The first kappa shape index (κ1) is 24.1. The number of phenolic OH excluding ortho intramolecular Hbond substituents is 2. The van der Waals surface area contributed by atoms with E-state index in [4.69, 9.17) is 9.47 Å². The van der Waals surface area contributed by atoms with Crippen molar-refractivity contribution < 1.29 is 34.4 Å². The average molecular weight is 426 g/mol. The Morgan fingerprint density at radius 1 is 1.07 bits per heavy atom. The van der Waals surface area contributed by atoms with Gasteiger partial charge < -0.3 is 30.1 Å². The highest BCUT2D eigenvalue weighted by Gasteiger charge is 2.20. The van der Waals surface area contributed by atoms with Crippen molar-refractivity contribution in [2.24, 2.45) is 0 Å². The third kappa shape index (κ3) is 7.17. The van der Waals surface area contributed by atoms with Crippen LogP contribution in [0, 0.1) is 0 Å². The number of phenols is 2. The molecule has 0 aromatic heterocycles. The molecular formula is C20H24ClNO7. The summed E-state index contributed by atoms with van der Waals surface area (Å²) < 4.78 is 10.3. The smallest absolute Gasteiger partial charge is 0.338 e. The van der Waals surface area contributed by atoms with Crippen molar-refractivity contribution >= 4 is 24.3 Å². The molecule has 0 fully saturated rings. The van der Waals surface area contributed by atoms with Crippen molar-refractivity contribution in [3.05, 3.63) is 53.6 Å². The number of carboxylic acid groups (broad SMARTS) is 1. The molecule has 0 aliphatic rings. The van der Waals surface area contributed by atoms with E-state index in [1.54, 1.807) is 31.2 Å². The molecule has 0 aliphatic carbocycles. The summed E-state index contributed by atoms with van der Waals surface area (Å²) in [7, 11) is 1.53. The molecule has 2 atom stereocenters. The van der Waals surface area contributed by atoms with Gasteiger partial charge in [0.05, 0.1) is 12.7 Å². The zero-order chi connectivity index (χ0) is 20.7. The minimum absolute atomic E-state index is 0. The Bertz CT molecular complexity index is 826. The van der Waals surface area contributed by atoms with Crippen molar-refractivity contribution in [2.75, 3.05) is 13.7 Å². The lowest BCUT2D eigenvalue weighted by Gasteiger charge is -2.19. The van der Waals surface area contributed by atoms with Crippen LogP contribution in [-0.4, -0.2) is 53.1 Å². The van der Waals surface area contributed by atoms with Crippen LogP contribution in [0.4, 0.5) is 0 Å². The number of nitrogens with one attached hydrogen (secondary N) is 1. The summed E-state index contributed by atoms with van der Waals surface area (Å²) in [4.78, 5) is 23.6. The quantitative estimate of drug-likeness (QED) is 0.356. The van der Waals surface area contributed by atoms with Gasteiger partial charge in [-0.25, -0.2) is 4.79 Å². The lowest BCUT2D eigenvalue weighted by atomic mass is 10.1. The lowest BCUT2D eigenvalue weighted by molar-refractivity contribution is -0.139. The number of halogens is 1. The van der Waals surface area contributed by atoms with Gasteiger partial charge in [0.2, 0.25) is 0 Å². The van der Waals surface area contributed by atoms with Gasteiger partial charge in [-0.3, -0.25) is 4.79 Å². The monoisotopic (exact) mass is 425 g/mol. The minimum Gasteiger partial charge on any atom is -0.504 e. The van der Waals surface area contributed by atoms with Gasteiger partial charge in [-0.1, -0.05) is 6.07 Å². The van der Waals surface area contributed by atoms with E-state index >= 15 is 0 Å². The normalized spacial score (nSPS) is 12.3. The SMILES string of the molecule is COc1ccc(C(=O)OC(C)CN[C@@H](Cc2ccc(O)c(O)c2)C(=O)O)cc1.Cl. The molecule has 1 unspecified atom stereocenters. The molecule has 9 heteroatoms. The Hall–Kier alpha value is -2.97. The average Bonchev–Trinajstić information content (AvgIpc) is 2.67. The molecule has 0 amide bonds. The van der Waals surface area contributed by atoms with E-state index in [2.05, 4.69) is 5.32 Å². The standard InChI is InChI=1S/C20H23NO7.ClH/c1-12(28-20(26)14-4-6-15(27-2)7-5-14)11-21-16(19(24)25)9-13-3-8-17(22)18(23)10-13;/h3-8,10,12,16,21-23H,9,11H2,1-2H3,(H,24,25);1H/t12?,16-;/m0./s1. The van der Waals surface area contributed by atoms with E-state index in [-0.39, 0.29) is 36.9 Å². The number of esters is 1. The molecule has 0 spiro atoms. The number of carboxylic acids is 1. The van der Waals surface area contributed by atoms with E-state index < -0.39 is 24.1 Å². The number of aromatic hydroxyl groups is 2. The van der Waals surface area contributed by atoms with Gasteiger partial charge in [-0.2, -0.15) is 0 Å². The zero-order valence-corrected chi connectivity index (χ0v) is 16.8. The fourth-order valence-electron chi connectivity index (χ4n) is 2.51. The molecule has 2 rings (SSSR count). The maximum atomic E-state index is 12.1. The molecule has 2 aromatic rings. The molecule has 0 heterocycles. The van der Waals surface area contributed by atoms with Crippen molar-refractivity contribution in [2.45, 2.75) is 25.5 Å². The van der Waals surface area contributed by atoms with Crippen LogP contribution in [0.2, 0.25) is 0 Å². The number of hydrogen-bond acceptors (Lipinski definition) is 7. The highest BCUT2D eigenvalue weighted by atomic mass is 35.5. The van der Waals surface area contributed by atoms with Crippen LogP contribution in [0.3, 0.4) is 0 Å². The second-order valence-electron chi connectivity index (χ2n) is 6.27. The third-order valence-electron chi connectivity index (χ3n) is 4.06. The highest BCUT2D eigenvalue weighted by Crippen LogP contribution is 2.25. The Kier molecular flexibility index (Phi) is 9.24. The van der Waals surface area contributed by atoms with Crippen molar-refractivity contribution in [1.82, 2.24) is 5.32 Å². The number of rotatable bonds is 9. The van der Waals surface area contributed by atoms with Crippen LogP contribution < -0.4 is 10.1 Å². The molecule has 0 aliphatic heterocycles. The van der Waals surface area contributed by atoms with Crippen LogP contribution >= 0.6 is 12.4 Å². The van der Waals surface area contributed by atoms with E-state index in [0.29, 0.717) is 16.9 Å². The summed E-state index contributed by atoms with van der Waals surface area (Å²) in [6, 6.07) is 9.63. The van der Waals surface area contributed by atoms with Gasteiger partial charge in [-0.15, -0.1) is 12.4 Å². The number of benzene rings is 2. The molecule has 0 bridgehead atoms. The number of carbonyl (C=O) groups excluding carboxylic acids is 1. The van der Waals surface area contributed by atoms with E-state index in [9.17, 15) is 24.9 Å². The summed E-state index contributed by atoms with van der Waals surface area (Å²) in [5.41, 5.74) is 0.903. The highest BCUT2D eigenvalue weighted by molar-refractivity contribution is 5.89.